The van der Waals surface area contributed by atoms with E-state index in [0.717, 1.165) is 74.8 Å². The molecule has 2 aliphatic rings. The number of piperidine rings is 1. The number of imidazole rings is 1. The molecule has 9 nitrogen and oxygen atoms in total. The molecule has 1 saturated carbocycles. The van der Waals surface area contributed by atoms with Crippen LogP contribution in [0.2, 0.25) is 0 Å². The minimum absolute atomic E-state index is 0.0856. The molecule has 2 amide bonds. The van der Waals surface area contributed by atoms with Gasteiger partial charge in [-0.3, -0.25) is 9.59 Å². The molecule has 1 saturated heterocycles. The molecule has 0 radical (unpaired) electrons. The van der Waals surface area contributed by atoms with Crippen LogP contribution in [0.15, 0.2) is 28.8 Å². The highest BCUT2D eigenvalue weighted by Gasteiger charge is 2.38. The summed E-state index contributed by atoms with van der Waals surface area (Å²) in [7, 11) is 0. The molecule has 1 aliphatic carbocycles. The number of hydrogen-bond acceptors (Lipinski definition) is 6. The van der Waals surface area contributed by atoms with Crippen molar-refractivity contribution in [3.63, 3.8) is 0 Å². The van der Waals surface area contributed by atoms with E-state index >= 15 is 0 Å². The standard InChI is InChI=1S/C26H34N6O3/c1-18(33)30-26(14-6-2-3-7-15-26)25-29-22(35-31-25)12-13-23(34)32-16-8-9-19(17-32)24-27-20-10-4-5-11-21(20)28-24/h4-5,10-11,19H,2-3,6-9,12-17H2,1H3,(H,27,28)(H,30,33). The zero-order valence-electron chi connectivity index (χ0n) is 20.4. The van der Waals surface area contributed by atoms with Gasteiger partial charge < -0.3 is 19.7 Å². The van der Waals surface area contributed by atoms with Gasteiger partial charge in [0.05, 0.1) is 11.0 Å². The molecule has 1 aromatic carbocycles. The Bertz CT molecular complexity index is 1140. The number of carbonyl (C=O) groups excluding carboxylic acids is 2. The van der Waals surface area contributed by atoms with Crippen molar-refractivity contribution in [3.8, 4) is 0 Å². The van der Waals surface area contributed by atoms with Gasteiger partial charge in [-0.05, 0) is 37.8 Å². The highest BCUT2D eigenvalue weighted by Crippen LogP contribution is 2.35. The molecule has 0 bridgehead atoms. The van der Waals surface area contributed by atoms with Crippen molar-refractivity contribution in [2.75, 3.05) is 13.1 Å². The number of H-pyrrole nitrogens is 1. The molecular weight excluding hydrogens is 444 g/mol. The topological polar surface area (TPSA) is 117 Å². The first-order valence-electron chi connectivity index (χ1n) is 12.9. The van der Waals surface area contributed by atoms with Crippen LogP contribution in [0.1, 0.15) is 88.2 Å². The maximum Gasteiger partial charge on any atom is 0.227 e. The molecule has 3 aromatic rings. The number of aryl methyl sites for hydroxylation is 1. The number of carbonyl (C=O) groups is 2. The van der Waals surface area contributed by atoms with Crippen molar-refractivity contribution in [3.05, 3.63) is 41.8 Å². The van der Waals surface area contributed by atoms with Crippen LogP contribution in [0.5, 0.6) is 0 Å². The van der Waals surface area contributed by atoms with Crippen LogP contribution in [-0.2, 0) is 21.5 Å². The van der Waals surface area contributed by atoms with Gasteiger partial charge in [0.2, 0.25) is 17.7 Å². The molecule has 3 heterocycles. The second-order valence-electron chi connectivity index (χ2n) is 10.0. The zero-order valence-corrected chi connectivity index (χ0v) is 20.4. The summed E-state index contributed by atoms with van der Waals surface area (Å²) in [6, 6.07) is 8.02. The fraction of sp³-hybridized carbons (Fsp3) is 0.577. The lowest BCUT2D eigenvalue weighted by Crippen LogP contribution is -2.45. The number of rotatable bonds is 6. The predicted molar refractivity (Wildman–Crippen MR) is 130 cm³/mol. The molecule has 1 atom stereocenters. The summed E-state index contributed by atoms with van der Waals surface area (Å²) in [6.45, 7) is 2.96. The van der Waals surface area contributed by atoms with Gasteiger partial charge in [-0.1, -0.05) is 43.0 Å². The van der Waals surface area contributed by atoms with Gasteiger partial charge in [-0.2, -0.15) is 4.98 Å². The molecule has 2 fully saturated rings. The maximum atomic E-state index is 13.0. The number of nitrogens with one attached hydrogen (secondary N) is 2. The van der Waals surface area contributed by atoms with Crippen LogP contribution in [0.4, 0.5) is 0 Å². The maximum absolute atomic E-state index is 13.0. The van der Waals surface area contributed by atoms with Gasteiger partial charge in [0.15, 0.2) is 5.82 Å². The van der Waals surface area contributed by atoms with Gasteiger partial charge >= 0.3 is 0 Å². The van der Waals surface area contributed by atoms with Crippen LogP contribution in [0, 0.1) is 0 Å². The van der Waals surface area contributed by atoms with Crippen molar-refractivity contribution in [1.82, 2.24) is 30.3 Å². The fourth-order valence-corrected chi connectivity index (χ4v) is 5.59. The summed E-state index contributed by atoms with van der Waals surface area (Å²) in [4.78, 5) is 39.7. The number of para-hydroxylation sites is 2. The second kappa shape index (κ2) is 10.2. The number of hydrogen-bond donors (Lipinski definition) is 2. The number of aromatic amines is 1. The van der Waals surface area contributed by atoms with Crippen molar-refractivity contribution in [1.29, 1.82) is 0 Å². The highest BCUT2D eigenvalue weighted by atomic mass is 16.5. The minimum atomic E-state index is -0.569. The Kier molecular flexibility index (Phi) is 6.83. The molecule has 0 spiro atoms. The van der Waals surface area contributed by atoms with Crippen LogP contribution < -0.4 is 5.32 Å². The highest BCUT2D eigenvalue weighted by molar-refractivity contribution is 5.77. The fourth-order valence-electron chi connectivity index (χ4n) is 5.59. The van der Waals surface area contributed by atoms with Gasteiger partial charge in [0, 0.05) is 38.8 Å². The first-order valence-corrected chi connectivity index (χ1v) is 12.9. The number of aromatic nitrogens is 4. The first kappa shape index (κ1) is 23.5. The minimum Gasteiger partial charge on any atom is -0.343 e. The number of nitrogens with zero attached hydrogens (tertiary/aromatic N) is 4. The summed E-state index contributed by atoms with van der Waals surface area (Å²) in [5, 5.41) is 7.33. The van der Waals surface area contributed by atoms with E-state index in [1.54, 1.807) is 0 Å². The largest absolute Gasteiger partial charge is 0.343 e. The molecule has 1 unspecified atom stereocenters. The first-order chi connectivity index (χ1) is 17.0. The Morgan fingerprint density at radius 3 is 2.71 bits per heavy atom. The molecule has 9 heteroatoms. The van der Waals surface area contributed by atoms with Crippen molar-refractivity contribution < 1.29 is 14.1 Å². The number of amides is 2. The monoisotopic (exact) mass is 478 g/mol. The Morgan fingerprint density at radius 2 is 1.94 bits per heavy atom. The molecule has 2 N–H and O–H groups in total. The summed E-state index contributed by atoms with van der Waals surface area (Å²) < 4.78 is 5.53. The Morgan fingerprint density at radius 1 is 1.14 bits per heavy atom. The average Bonchev–Trinajstić information content (AvgIpc) is 3.46. The van der Waals surface area contributed by atoms with Crippen LogP contribution in [-0.4, -0.2) is 49.9 Å². The lowest BCUT2D eigenvalue weighted by molar-refractivity contribution is -0.132. The van der Waals surface area contributed by atoms with E-state index in [-0.39, 0.29) is 17.7 Å². The third-order valence-electron chi connectivity index (χ3n) is 7.39. The summed E-state index contributed by atoms with van der Waals surface area (Å²) in [5.74, 6) is 2.17. The second-order valence-corrected chi connectivity index (χ2v) is 10.0. The average molecular weight is 479 g/mol. The number of fused-ring (bicyclic) bond motifs is 1. The predicted octanol–water partition coefficient (Wildman–Crippen LogP) is 3.97. The molecule has 1 aliphatic heterocycles. The van der Waals surface area contributed by atoms with Crippen molar-refractivity contribution in [2.24, 2.45) is 0 Å². The lowest BCUT2D eigenvalue weighted by Gasteiger charge is -2.31. The normalized spacial score (nSPS) is 20.5. The zero-order chi connectivity index (χ0) is 24.3. The Labute approximate surface area is 205 Å². The van der Waals surface area contributed by atoms with Gasteiger partial charge in [0.1, 0.15) is 11.4 Å². The quantitative estimate of drug-likeness (QED) is 0.518. The van der Waals surface area contributed by atoms with Gasteiger partial charge in [0.25, 0.3) is 0 Å². The van der Waals surface area contributed by atoms with E-state index < -0.39 is 5.54 Å². The van der Waals surface area contributed by atoms with E-state index in [1.807, 2.05) is 29.2 Å². The molecule has 5 rings (SSSR count). The van der Waals surface area contributed by atoms with Gasteiger partial charge in [-0.15, -0.1) is 0 Å². The summed E-state index contributed by atoms with van der Waals surface area (Å²) >= 11 is 0. The summed E-state index contributed by atoms with van der Waals surface area (Å²) in [6.07, 6.45) is 8.63. The van der Waals surface area contributed by atoms with E-state index in [2.05, 4.69) is 20.4 Å². The van der Waals surface area contributed by atoms with Gasteiger partial charge in [-0.25, -0.2) is 4.98 Å². The van der Waals surface area contributed by atoms with Crippen molar-refractivity contribution >= 4 is 22.8 Å². The van der Waals surface area contributed by atoms with E-state index in [0.29, 0.717) is 31.1 Å². The third-order valence-corrected chi connectivity index (χ3v) is 7.39. The lowest BCUT2D eigenvalue weighted by atomic mass is 9.89. The Balaban J connectivity index is 1.21. The molecular formula is C26H34N6O3. The van der Waals surface area contributed by atoms with E-state index in [1.165, 1.54) is 6.92 Å². The van der Waals surface area contributed by atoms with Crippen molar-refractivity contribution in [2.45, 2.75) is 82.6 Å². The van der Waals surface area contributed by atoms with Crippen LogP contribution >= 0.6 is 0 Å². The summed E-state index contributed by atoms with van der Waals surface area (Å²) in [5.41, 5.74) is 1.42. The van der Waals surface area contributed by atoms with Crippen LogP contribution in [0.3, 0.4) is 0 Å². The third kappa shape index (κ3) is 5.23. The SMILES string of the molecule is CC(=O)NC1(c2noc(CCC(=O)N3CCCC(c4nc5ccccc5[nH]4)C3)n2)CCCCCC1. The smallest absolute Gasteiger partial charge is 0.227 e. The molecule has 35 heavy (non-hydrogen) atoms. The number of likely N-dealkylation sites (tertiary alicyclic amines) is 1. The molecule has 186 valence electrons. The van der Waals surface area contributed by atoms with Crippen LogP contribution in [0.25, 0.3) is 11.0 Å². The Hall–Kier alpha value is -3.23. The van der Waals surface area contributed by atoms with E-state index in [4.69, 9.17) is 9.51 Å². The number of benzene rings is 1. The molecule has 2 aromatic heterocycles. The van der Waals surface area contributed by atoms with E-state index in [9.17, 15) is 9.59 Å².